The van der Waals surface area contributed by atoms with Gasteiger partial charge in [-0.2, -0.15) is 0 Å². The number of hydrogen-bond acceptors (Lipinski definition) is 7. The van der Waals surface area contributed by atoms with E-state index in [4.69, 9.17) is 9.47 Å². The highest BCUT2D eigenvalue weighted by Gasteiger charge is 2.37. The molecule has 8 heteroatoms. The van der Waals surface area contributed by atoms with Gasteiger partial charge in [-0.05, 0) is 24.6 Å². The Morgan fingerprint density at radius 3 is 2.86 bits per heavy atom. The Kier molecular flexibility index (Phi) is 5.38. The minimum absolute atomic E-state index is 0.369. The van der Waals surface area contributed by atoms with Crippen molar-refractivity contribution in [2.75, 3.05) is 44.8 Å². The number of nitrogens with zero attached hydrogens (tertiary/aromatic N) is 4. The summed E-state index contributed by atoms with van der Waals surface area (Å²) in [6.45, 7) is 4.18. The number of benzene rings is 1. The van der Waals surface area contributed by atoms with E-state index in [1.54, 1.807) is 18.2 Å². The third-order valence-corrected chi connectivity index (χ3v) is 5.33. The molecule has 2 aliphatic rings. The first-order valence-electron chi connectivity index (χ1n) is 9.40. The van der Waals surface area contributed by atoms with Gasteiger partial charge in [-0.15, -0.1) is 0 Å². The summed E-state index contributed by atoms with van der Waals surface area (Å²) in [6.07, 6.45) is 3.44. The lowest BCUT2D eigenvalue weighted by atomic mass is 10.1. The molecule has 0 spiro atoms. The number of methoxy groups -OCH3 is 1. The number of halogens is 1. The molecule has 1 aromatic heterocycles. The fraction of sp³-hybridized carbons (Fsp3) is 0.450. The zero-order valence-electron chi connectivity index (χ0n) is 15.8. The molecule has 0 bridgehead atoms. The van der Waals surface area contributed by atoms with Gasteiger partial charge in [0.2, 0.25) is 5.95 Å². The molecule has 0 aliphatic carbocycles. The molecule has 2 aliphatic heterocycles. The van der Waals surface area contributed by atoms with Crippen LogP contribution in [0.25, 0.3) is 0 Å². The molecular formula is C20H23FN4O3. The van der Waals surface area contributed by atoms with E-state index >= 15 is 0 Å². The summed E-state index contributed by atoms with van der Waals surface area (Å²) < 4.78 is 23.7. The monoisotopic (exact) mass is 386 g/mol. The first-order valence-corrected chi connectivity index (χ1v) is 9.40. The number of esters is 1. The Balaban J connectivity index is 1.32. The van der Waals surface area contributed by atoms with E-state index in [-0.39, 0.29) is 5.97 Å². The lowest BCUT2D eigenvalue weighted by molar-refractivity contribution is 0.0600. The van der Waals surface area contributed by atoms with Crippen molar-refractivity contribution < 1.29 is 18.7 Å². The molecule has 3 heterocycles. The van der Waals surface area contributed by atoms with E-state index < -0.39 is 5.82 Å². The van der Waals surface area contributed by atoms with E-state index in [1.165, 1.54) is 19.5 Å². The van der Waals surface area contributed by atoms with Crippen molar-refractivity contribution in [1.29, 1.82) is 0 Å². The Labute approximate surface area is 163 Å². The van der Waals surface area contributed by atoms with Crippen LogP contribution in [0, 0.1) is 11.7 Å². The third-order valence-electron chi connectivity index (χ3n) is 5.33. The van der Waals surface area contributed by atoms with Gasteiger partial charge in [0.15, 0.2) is 5.82 Å². The molecule has 0 saturated carbocycles. The Morgan fingerprint density at radius 1 is 1.25 bits per heavy atom. The third kappa shape index (κ3) is 4.06. The molecule has 0 amide bonds. The number of hydrogen-bond donors (Lipinski definition) is 0. The summed E-state index contributed by atoms with van der Waals surface area (Å²) >= 11 is 0. The molecule has 1 aromatic carbocycles. The number of rotatable bonds is 5. The van der Waals surface area contributed by atoms with Gasteiger partial charge < -0.3 is 14.4 Å². The van der Waals surface area contributed by atoms with Crippen LogP contribution in [0.15, 0.2) is 36.7 Å². The van der Waals surface area contributed by atoms with Gasteiger partial charge in [0.05, 0.1) is 31.7 Å². The molecule has 7 nitrogen and oxygen atoms in total. The van der Waals surface area contributed by atoms with Crippen molar-refractivity contribution in [2.45, 2.75) is 12.5 Å². The number of carbonyl (C=O) groups is 1. The maximum absolute atomic E-state index is 13.0. The topological polar surface area (TPSA) is 67.8 Å². The minimum Gasteiger partial charge on any atom is -0.493 e. The average molecular weight is 386 g/mol. The highest BCUT2D eigenvalue weighted by molar-refractivity contribution is 5.89. The Morgan fingerprint density at radius 2 is 2.07 bits per heavy atom. The average Bonchev–Trinajstić information content (AvgIpc) is 3.14. The lowest BCUT2D eigenvalue weighted by Crippen LogP contribution is -2.50. The van der Waals surface area contributed by atoms with E-state index in [0.717, 1.165) is 32.6 Å². The van der Waals surface area contributed by atoms with Gasteiger partial charge >= 0.3 is 5.97 Å². The highest BCUT2D eigenvalue weighted by Crippen LogP contribution is 2.28. The van der Waals surface area contributed by atoms with Crippen LogP contribution in [-0.2, 0) is 4.74 Å². The quantitative estimate of drug-likeness (QED) is 0.728. The molecular weight excluding hydrogens is 363 g/mol. The number of anilines is 1. The van der Waals surface area contributed by atoms with Crippen LogP contribution >= 0.6 is 0 Å². The summed E-state index contributed by atoms with van der Waals surface area (Å²) in [4.78, 5) is 24.4. The van der Waals surface area contributed by atoms with Crippen LogP contribution in [0.3, 0.4) is 0 Å². The van der Waals surface area contributed by atoms with Crippen LogP contribution in [0.1, 0.15) is 16.8 Å². The van der Waals surface area contributed by atoms with Gasteiger partial charge in [-0.25, -0.2) is 19.2 Å². The minimum atomic E-state index is -0.420. The molecule has 2 fully saturated rings. The fourth-order valence-electron chi connectivity index (χ4n) is 3.96. The summed E-state index contributed by atoms with van der Waals surface area (Å²) in [7, 11) is 1.37. The molecule has 148 valence electrons. The van der Waals surface area contributed by atoms with E-state index in [9.17, 15) is 9.18 Å². The molecule has 4 rings (SSSR count). The second kappa shape index (κ2) is 8.10. The van der Waals surface area contributed by atoms with Crippen molar-refractivity contribution in [3.8, 4) is 5.75 Å². The number of aromatic nitrogens is 2. The summed E-state index contributed by atoms with van der Waals surface area (Å²) in [5, 5.41) is 0. The largest absolute Gasteiger partial charge is 0.493 e. The van der Waals surface area contributed by atoms with Crippen LogP contribution in [0.2, 0.25) is 0 Å². The smallest absolute Gasteiger partial charge is 0.337 e. The van der Waals surface area contributed by atoms with Gasteiger partial charge in [0.25, 0.3) is 0 Å². The molecule has 1 unspecified atom stereocenters. The van der Waals surface area contributed by atoms with Crippen LogP contribution in [-0.4, -0.2) is 66.8 Å². The summed E-state index contributed by atoms with van der Waals surface area (Å²) in [5.41, 5.74) is 0.485. The van der Waals surface area contributed by atoms with Crippen molar-refractivity contribution in [3.63, 3.8) is 0 Å². The number of piperazine rings is 1. The Bertz CT molecular complexity index is 832. The number of fused-ring (bicyclic) bond motifs is 1. The van der Waals surface area contributed by atoms with Gasteiger partial charge in [0.1, 0.15) is 5.75 Å². The SMILES string of the molecule is COC(=O)c1cccc(OC[C@H]2CC3CN(c4ncc(F)cn4)CCN3C2)c1. The van der Waals surface area contributed by atoms with Crippen molar-refractivity contribution in [3.05, 3.63) is 48.0 Å². The molecule has 2 saturated heterocycles. The second-order valence-corrected chi connectivity index (χ2v) is 7.23. The standard InChI is InChI=1S/C20H23FN4O3/c1-27-19(26)15-3-2-4-18(8-15)28-13-14-7-17-12-25(6-5-24(17)11-14)20-22-9-16(21)10-23-20/h2-4,8-10,14,17H,5-7,11-13H2,1H3/t14-,17?/m0/s1. The molecule has 2 aromatic rings. The van der Waals surface area contributed by atoms with Gasteiger partial charge in [0, 0.05) is 38.1 Å². The maximum atomic E-state index is 13.0. The van der Waals surface area contributed by atoms with E-state index in [1.807, 2.05) is 6.07 Å². The zero-order valence-corrected chi connectivity index (χ0v) is 15.8. The first kappa shape index (κ1) is 18.6. The fourth-order valence-corrected chi connectivity index (χ4v) is 3.96. The molecule has 0 N–H and O–H groups in total. The first-order chi connectivity index (χ1) is 13.6. The van der Waals surface area contributed by atoms with Crippen molar-refractivity contribution in [1.82, 2.24) is 14.9 Å². The Hall–Kier alpha value is -2.74. The highest BCUT2D eigenvalue weighted by atomic mass is 19.1. The maximum Gasteiger partial charge on any atom is 0.337 e. The summed E-state index contributed by atoms with van der Waals surface area (Å²) in [6, 6.07) is 7.47. The summed E-state index contributed by atoms with van der Waals surface area (Å²) in [5.74, 6) is 0.888. The second-order valence-electron chi connectivity index (χ2n) is 7.23. The number of ether oxygens (including phenoxy) is 2. The van der Waals surface area contributed by atoms with Crippen LogP contribution in [0.4, 0.5) is 10.3 Å². The van der Waals surface area contributed by atoms with Gasteiger partial charge in [-0.3, -0.25) is 4.90 Å². The molecule has 0 radical (unpaired) electrons. The number of carbonyl (C=O) groups excluding carboxylic acids is 1. The van der Waals surface area contributed by atoms with E-state index in [2.05, 4.69) is 19.8 Å². The van der Waals surface area contributed by atoms with E-state index in [0.29, 0.717) is 35.8 Å². The molecule has 2 atom stereocenters. The van der Waals surface area contributed by atoms with Crippen LogP contribution < -0.4 is 9.64 Å². The lowest BCUT2D eigenvalue weighted by Gasteiger charge is -2.37. The zero-order chi connectivity index (χ0) is 19.5. The van der Waals surface area contributed by atoms with Crippen LogP contribution in [0.5, 0.6) is 5.75 Å². The molecule has 28 heavy (non-hydrogen) atoms. The predicted molar refractivity (Wildman–Crippen MR) is 101 cm³/mol. The van der Waals surface area contributed by atoms with Crippen molar-refractivity contribution >= 4 is 11.9 Å². The van der Waals surface area contributed by atoms with Crippen molar-refractivity contribution in [2.24, 2.45) is 5.92 Å². The van der Waals surface area contributed by atoms with Gasteiger partial charge in [-0.1, -0.05) is 6.07 Å². The normalized spacial score (nSPS) is 22.0. The predicted octanol–water partition coefficient (Wildman–Crippen LogP) is 1.99.